The molecule has 0 unspecified atom stereocenters. The van der Waals surface area contributed by atoms with E-state index in [1.54, 1.807) is 24.3 Å². The second kappa shape index (κ2) is 4.52. The zero-order chi connectivity index (χ0) is 14.1. The van der Waals surface area contributed by atoms with Gasteiger partial charge in [-0.25, -0.2) is 0 Å². The van der Waals surface area contributed by atoms with Gasteiger partial charge in [-0.15, -0.1) is 0 Å². The summed E-state index contributed by atoms with van der Waals surface area (Å²) < 4.78 is 11.2. The lowest BCUT2D eigenvalue weighted by atomic mass is 10.2. The van der Waals surface area contributed by atoms with Crippen LogP contribution in [0.25, 0.3) is 11.0 Å². The molecule has 0 atom stereocenters. The average molecular weight is 265 g/mol. The summed E-state index contributed by atoms with van der Waals surface area (Å²) in [4.78, 5) is 0. The van der Waals surface area contributed by atoms with E-state index in [0.29, 0.717) is 28.5 Å². The van der Waals surface area contributed by atoms with Gasteiger partial charge in [0.15, 0.2) is 5.75 Å². The van der Waals surface area contributed by atoms with E-state index in [4.69, 9.17) is 25.9 Å². The summed E-state index contributed by atoms with van der Waals surface area (Å²) in [6, 6.07) is 14.2. The lowest BCUT2D eigenvalue weighted by molar-refractivity contribution is 0.467. The number of hydrogen-bond acceptors (Lipinski definition) is 5. The van der Waals surface area contributed by atoms with E-state index in [0.717, 1.165) is 5.39 Å². The Morgan fingerprint density at radius 1 is 1.05 bits per heavy atom. The van der Waals surface area contributed by atoms with Gasteiger partial charge in [0.1, 0.15) is 17.4 Å². The van der Waals surface area contributed by atoms with Gasteiger partial charge in [0, 0.05) is 6.07 Å². The molecule has 5 heteroatoms. The Bertz CT molecular complexity index is 831. The predicted molar refractivity (Wildman–Crippen MR) is 76.3 cm³/mol. The highest BCUT2D eigenvalue weighted by Gasteiger charge is 2.16. The Hall–Kier alpha value is -3.13. The molecule has 0 saturated heterocycles. The first-order valence-electron chi connectivity index (χ1n) is 5.93. The number of benzene rings is 2. The molecule has 3 rings (SSSR count). The van der Waals surface area contributed by atoms with Crippen molar-refractivity contribution < 1.29 is 9.15 Å². The molecule has 0 saturated carbocycles. The number of nitriles is 1. The number of rotatable bonds is 2. The lowest BCUT2D eigenvalue weighted by Gasteiger charge is -2.06. The number of hydrogen-bond donors (Lipinski definition) is 2. The molecule has 3 aromatic rings. The van der Waals surface area contributed by atoms with E-state index in [1.807, 2.05) is 24.3 Å². The molecule has 0 aliphatic rings. The van der Waals surface area contributed by atoms with E-state index in [-0.39, 0.29) is 5.76 Å². The maximum absolute atomic E-state index is 9.13. The Morgan fingerprint density at radius 2 is 1.85 bits per heavy atom. The summed E-state index contributed by atoms with van der Waals surface area (Å²) in [6.07, 6.45) is 0. The smallest absolute Gasteiger partial charge is 0.247 e. The fourth-order valence-electron chi connectivity index (χ4n) is 1.93. The number of fused-ring (bicyclic) bond motifs is 1. The Labute approximate surface area is 115 Å². The summed E-state index contributed by atoms with van der Waals surface area (Å²) in [5.41, 5.74) is 12.9. The van der Waals surface area contributed by atoms with E-state index in [9.17, 15) is 0 Å². The van der Waals surface area contributed by atoms with Gasteiger partial charge >= 0.3 is 0 Å². The SMILES string of the molecule is N#Cc1oc2ccccc2c1Oc1ccc(N)c(N)c1. The number of nitrogens with zero attached hydrogens (tertiary/aromatic N) is 1. The molecule has 5 nitrogen and oxygen atoms in total. The second-order valence-electron chi connectivity index (χ2n) is 4.26. The van der Waals surface area contributed by atoms with Crippen LogP contribution in [0.3, 0.4) is 0 Å². The van der Waals surface area contributed by atoms with Crippen molar-refractivity contribution in [2.75, 3.05) is 11.5 Å². The third-order valence-electron chi connectivity index (χ3n) is 2.93. The van der Waals surface area contributed by atoms with Crippen LogP contribution in [0.2, 0.25) is 0 Å². The zero-order valence-corrected chi connectivity index (χ0v) is 10.5. The molecule has 0 radical (unpaired) electrons. The van der Waals surface area contributed by atoms with Crippen molar-refractivity contribution in [3.8, 4) is 17.6 Å². The van der Waals surface area contributed by atoms with Gasteiger partial charge in [-0.05, 0) is 24.3 Å². The first-order chi connectivity index (χ1) is 9.69. The summed E-state index contributed by atoms with van der Waals surface area (Å²) >= 11 is 0. The molecular weight excluding hydrogens is 254 g/mol. The number of nitrogens with two attached hydrogens (primary N) is 2. The molecule has 1 heterocycles. The third-order valence-corrected chi connectivity index (χ3v) is 2.93. The molecule has 0 fully saturated rings. The van der Waals surface area contributed by atoms with Gasteiger partial charge in [-0.1, -0.05) is 12.1 Å². The summed E-state index contributed by atoms with van der Waals surface area (Å²) in [6.45, 7) is 0. The number of ether oxygens (including phenoxy) is 1. The second-order valence-corrected chi connectivity index (χ2v) is 4.26. The first-order valence-corrected chi connectivity index (χ1v) is 5.93. The van der Waals surface area contributed by atoms with Crippen LogP contribution in [0.15, 0.2) is 46.9 Å². The van der Waals surface area contributed by atoms with E-state index in [2.05, 4.69) is 0 Å². The van der Waals surface area contributed by atoms with Crippen LogP contribution in [0.5, 0.6) is 11.5 Å². The fraction of sp³-hybridized carbons (Fsp3) is 0. The highest BCUT2D eigenvalue weighted by Crippen LogP contribution is 2.36. The van der Waals surface area contributed by atoms with Crippen LogP contribution >= 0.6 is 0 Å². The quantitative estimate of drug-likeness (QED) is 0.693. The number of nitrogen functional groups attached to an aromatic ring is 2. The van der Waals surface area contributed by atoms with Crippen molar-refractivity contribution in [3.63, 3.8) is 0 Å². The molecule has 98 valence electrons. The minimum Gasteiger partial charge on any atom is -0.452 e. The highest BCUT2D eigenvalue weighted by atomic mass is 16.5. The summed E-state index contributed by atoms with van der Waals surface area (Å²) in [7, 11) is 0. The number of furan rings is 1. The van der Waals surface area contributed by atoms with Gasteiger partial charge in [-0.2, -0.15) is 5.26 Å². The molecule has 0 aliphatic carbocycles. The highest BCUT2D eigenvalue weighted by molar-refractivity contribution is 5.86. The lowest BCUT2D eigenvalue weighted by Crippen LogP contribution is -1.95. The monoisotopic (exact) mass is 265 g/mol. The zero-order valence-electron chi connectivity index (χ0n) is 10.5. The molecule has 2 aromatic carbocycles. The topological polar surface area (TPSA) is 98.2 Å². The van der Waals surface area contributed by atoms with Crippen molar-refractivity contribution in [2.24, 2.45) is 0 Å². The Kier molecular flexibility index (Phi) is 2.70. The van der Waals surface area contributed by atoms with Crippen molar-refractivity contribution in [3.05, 3.63) is 48.2 Å². The molecular formula is C15H11N3O2. The number of anilines is 2. The Balaban J connectivity index is 2.10. The standard InChI is InChI=1S/C15H11N3O2/c16-8-14-15(10-3-1-2-4-13(10)20-14)19-9-5-6-11(17)12(18)7-9/h1-7H,17-18H2. The van der Waals surface area contributed by atoms with Crippen LogP contribution < -0.4 is 16.2 Å². The molecule has 0 spiro atoms. The van der Waals surface area contributed by atoms with E-state index < -0.39 is 0 Å². The van der Waals surface area contributed by atoms with Gasteiger partial charge in [0.25, 0.3) is 0 Å². The van der Waals surface area contributed by atoms with Crippen molar-refractivity contribution in [1.29, 1.82) is 5.26 Å². The molecule has 0 aliphatic heterocycles. The van der Waals surface area contributed by atoms with Gasteiger partial charge in [0.2, 0.25) is 5.76 Å². The minimum absolute atomic E-state index is 0.126. The average Bonchev–Trinajstić information content (AvgIpc) is 2.81. The van der Waals surface area contributed by atoms with E-state index >= 15 is 0 Å². The molecule has 0 bridgehead atoms. The molecule has 4 N–H and O–H groups in total. The van der Waals surface area contributed by atoms with Crippen molar-refractivity contribution in [2.45, 2.75) is 0 Å². The third kappa shape index (κ3) is 1.89. The van der Waals surface area contributed by atoms with Crippen LogP contribution in [-0.2, 0) is 0 Å². The number of para-hydroxylation sites is 1. The molecule has 1 aromatic heterocycles. The summed E-state index contributed by atoms with van der Waals surface area (Å²) in [5.74, 6) is 1.01. The molecule has 0 amide bonds. The maximum Gasteiger partial charge on any atom is 0.247 e. The van der Waals surface area contributed by atoms with Crippen molar-refractivity contribution in [1.82, 2.24) is 0 Å². The van der Waals surface area contributed by atoms with Gasteiger partial charge in [-0.3, -0.25) is 0 Å². The normalized spacial score (nSPS) is 10.3. The van der Waals surface area contributed by atoms with Crippen LogP contribution in [0.4, 0.5) is 11.4 Å². The minimum atomic E-state index is 0.126. The van der Waals surface area contributed by atoms with E-state index in [1.165, 1.54) is 0 Å². The predicted octanol–water partition coefficient (Wildman–Crippen LogP) is 3.26. The van der Waals surface area contributed by atoms with Crippen LogP contribution in [0.1, 0.15) is 5.76 Å². The van der Waals surface area contributed by atoms with Gasteiger partial charge in [0.05, 0.1) is 16.8 Å². The first kappa shape index (κ1) is 11.9. The fourth-order valence-corrected chi connectivity index (χ4v) is 1.93. The van der Waals surface area contributed by atoms with Crippen LogP contribution in [-0.4, -0.2) is 0 Å². The largest absolute Gasteiger partial charge is 0.452 e. The van der Waals surface area contributed by atoms with Gasteiger partial charge < -0.3 is 20.6 Å². The van der Waals surface area contributed by atoms with Crippen molar-refractivity contribution >= 4 is 22.3 Å². The van der Waals surface area contributed by atoms with Crippen LogP contribution in [0, 0.1) is 11.3 Å². The maximum atomic E-state index is 9.13. The Morgan fingerprint density at radius 3 is 2.60 bits per heavy atom. The molecule has 20 heavy (non-hydrogen) atoms. The summed E-state index contributed by atoms with van der Waals surface area (Å²) in [5, 5.41) is 9.86.